The summed E-state index contributed by atoms with van der Waals surface area (Å²) in [7, 11) is 2.14. The van der Waals surface area contributed by atoms with Gasteiger partial charge in [0.25, 0.3) is 0 Å². The van der Waals surface area contributed by atoms with Crippen molar-refractivity contribution in [1.29, 1.82) is 0 Å². The van der Waals surface area contributed by atoms with E-state index in [0.29, 0.717) is 0 Å². The quantitative estimate of drug-likeness (QED) is 0.791. The minimum atomic E-state index is -0.177. The molecule has 21 heavy (non-hydrogen) atoms. The largest absolute Gasteiger partial charge is 0.310 e. The van der Waals surface area contributed by atoms with E-state index in [9.17, 15) is 4.39 Å². The summed E-state index contributed by atoms with van der Waals surface area (Å²) < 4.78 is 13.0. The van der Waals surface area contributed by atoms with Gasteiger partial charge < -0.3 is 10.2 Å². The molecule has 114 valence electrons. The lowest BCUT2D eigenvalue weighted by atomic mass is 10.0. The number of rotatable bonds is 8. The maximum Gasteiger partial charge on any atom is 0.123 e. The number of nitrogens with one attached hydrogen (secondary N) is 1. The van der Waals surface area contributed by atoms with E-state index in [-0.39, 0.29) is 11.9 Å². The minimum absolute atomic E-state index is 0.177. The standard InChI is InChI=1S/C17H23FN2S/c1-3-19-17(15-4-6-16(18)7-5-15)8-10-20(2)12-14-9-11-21-13-14/h4-7,9,11,13,17,19H,3,8,10,12H2,1-2H3. The molecule has 0 spiro atoms. The fraction of sp³-hybridized carbons (Fsp3) is 0.412. The van der Waals surface area contributed by atoms with Gasteiger partial charge in [0, 0.05) is 12.6 Å². The van der Waals surface area contributed by atoms with Crippen molar-refractivity contribution in [3.8, 4) is 0 Å². The molecule has 0 aliphatic carbocycles. The predicted molar refractivity (Wildman–Crippen MR) is 88.1 cm³/mol. The Balaban J connectivity index is 1.88. The molecule has 0 bridgehead atoms. The summed E-state index contributed by atoms with van der Waals surface area (Å²) in [6.45, 7) is 5.00. The maximum atomic E-state index is 13.0. The van der Waals surface area contributed by atoms with Crippen LogP contribution in [0, 0.1) is 5.82 Å². The molecule has 1 aromatic carbocycles. The van der Waals surface area contributed by atoms with E-state index in [1.165, 1.54) is 17.7 Å². The summed E-state index contributed by atoms with van der Waals surface area (Å²) in [5.41, 5.74) is 2.52. The normalized spacial score (nSPS) is 12.8. The number of nitrogens with zero attached hydrogens (tertiary/aromatic N) is 1. The fourth-order valence-electron chi connectivity index (χ4n) is 2.45. The molecule has 1 aromatic heterocycles. The van der Waals surface area contributed by atoms with Gasteiger partial charge in [-0.3, -0.25) is 0 Å². The van der Waals surface area contributed by atoms with Crippen LogP contribution < -0.4 is 5.32 Å². The van der Waals surface area contributed by atoms with Crippen LogP contribution in [0.2, 0.25) is 0 Å². The Morgan fingerprint density at radius 1 is 1.24 bits per heavy atom. The van der Waals surface area contributed by atoms with Crippen molar-refractivity contribution >= 4 is 11.3 Å². The average molecular weight is 306 g/mol. The topological polar surface area (TPSA) is 15.3 Å². The Hall–Kier alpha value is -1.23. The summed E-state index contributed by atoms with van der Waals surface area (Å²) in [6.07, 6.45) is 1.01. The summed E-state index contributed by atoms with van der Waals surface area (Å²) in [5, 5.41) is 7.79. The molecule has 1 unspecified atom stereocenters. The number of thiophene rings is 1. The third kappa shape index (κ3) is 5.23. The third-order valence-corrected chi connectivity index (χ3v) is 4.29. The summed E-state index contributed by atoms with van der Waals surface area (Å²) in [4.78, 5) is 2.33. The van der Waals surface area contributed by atoms with E-state index in [1.54, 1.807) is 11.3 Å². The molecule has 1 heterocycles. The van der Waals surface area contributed by atoms with Crippen LogP contribution >= 0.6 is 11.3 Å². The molecule has 0 saturated heterocycles. The van der Waals surface area contributed by atoms with Gasteiger partial charge in [0.2, 0.25) is 0 Å². The van der Waals surface area contributed by atoms with Gasteiger partial charge in [-0.05, 0) is 66.6 Å². The van der Waals surface area contributed by atoms with Gasteiger partial charge in [-0.1, -0.05) is 19.1 Å². The Bertz CT molecular complexity index is 510. The molecular weight excluding hydrogens is 283 g/mol. The lowest BCUT2D eigenvalue weighted by Gasteiger charge is -2.22. The van der Waals surface area contributed by atoms with E-state index in [0.717, 1.165) is 31.6 Å². The van der Waals surface area contributed by atoms with Crippen molar-refractivity contribution in [2.24, 2.45) is 0 Å². The lowest BCUT2D eigenvalue weighted by molar-refractivity contribution is 0.301. The fourth-order valence-corrected chi connectivity index (χ4v) is 3.11. The van der Waals surface area contributed by atoms with Crippen LogP contribution in [-0.2, 0) is 6.54 Å². The monoisotopic (exact) mass is 306 g/mol. The average Bonchev–Trinajstić information content (AvgIpc) is 2.97. The van der Waals surface area contributed by atoms with Crippen molar-refractivity contribution in [3.05, 3.63) is 58.0 Å². The van der Waals surface area contributed by atoms with Gasteiger partial charge in [0.1, 0.15) is 5.82 Å². The minimum Gasteiger partial charge on any atom is -0.310 e. The van der Waals surface area contributed by atoms with Gasteiger partial charge in [-0.2, -0.15) is 11.3 Å². The zero-order valence-corrected chi connectivity index (χ0v) is 13.5. The number of hydrogen-bond donors (Lipinski definition) is 1. The van der Waals surface area contributed by atoms with Crippen molar-refractivity contribution < 1.29 is 4.39 Å². The second-order valence-corrected chi connectivity index (χ2v) is 6.10. The highest BCUT2D eigenvalue weighted by Gasteiger charge is 2.11. The number of benzene rings is 1. The SMILES string of the molecule is CCNC(CCN(C)Cc1ccsc1)c1ccc(F)cc1. The van der Waals surface area contributed by atoms with Crippen LogP contribution in [0.3, 0.4) is 0 Å². The highest BCUT2D eigenvalue weighted by molar-refractivity contribution is 7.07. The van der Waals surface area contributed by atoms with Crippen LogP contribution in [-0.4, -0.2) is 25.0 Å². The highest BCUT2D eigenvalue weighted by Crippen LogP contribution is 2.18. The van der Waals surface area contributed by atoms with Crippen LogP contribution in [0.1, 0.15) is 30.5 Å². The van der Waals surface area contributed by atoms with Crippen molar-refractivity contribution in [2.75, 3.05) is 20.1 Å². The van der Waals surface area contributed by atoms with Crippen LogP contribution in [0.15, 0.2) is 41.1 Å². The first-order valence-electron chi connectivity index (χ1n) is 7.37. The molecule has 0 saturated carbocycles. The molecule has 1 N–H and O–H groups in total. The van der Waals surface area contributed by atoms with Gasteiger partial charge in [0.15, 0.2) is 0 Å². The predicted octanol–water partition coefficient (Wildman–Crippen LogP) is 4.06. The lowest BCUT2D eigenvalue weighted by Crippen LogP contribution is -2.27. The molecule has 0 fully saturated rings. The maximum absolute atomic E-state index is 13.0. The smallest absolute Gasteiger partial charge is 0.123 e. The molecule has 0 amide bonds. The second-order valence-electron chi connectivity index (χ2n) is 5.32. The Labute approximate surface area is 130 Å². The first-order valence-corrected chi connectivity index (χ1v) is 8.31. The van der Waals surface area contributed by atoms with Crippen molar-refractivity contribution in [2.45, 2.75) is 25.9 Å². The molecule has 1 atom stereocenters. The molecule has 2 aromatic rings. The van der Waals surface area contributed by atoms with Crippen LogP contribution in [0.4, 0.5) is 4.39 Å². The highest BCUT2D eigenvalue weighted by atomic mass is 32.1. The number of hydrogen-bond acceptors (Lipinski definition) is 3. The zero-order valence-electron chi connectivity index (χ0n) is 12.7. The molecule has 2 rings (SSSR count). The third-order valence-electron chi connectivity index (χ3n) is 3.55. The second kappa shape index (κ2) is 8.27. The van der Waals surface area contributed by atoms with Gasteiger partial charge in [-0.25, -0.2) is 4.39 Å². The zero-order chi connectivity index (χ0) is 15.1. The molecule has 0 aliphatic rings. The summed E-state index contributed by atoms with van der Waals surface area (Å²) in [6, 6.07) is 9.27. The first kappa shape index (κ1) is 16.1. The Kier molecular flexibility index (Phi) is 6.36. The molecular formula is C17H23FN2S. The molecule has 4 heteroatoms. The summed E-state index contributed by atoms with van der Waals surface area (Å²) in [5.74, 6) is -0.177. The van der Waals surface area contributed by atoms with Gasteiger partial charge in [0.05, 0.1) is 0 Å². The van der Waals surface area contributed by atoms with E-state index < -0.39 is 0 Å². The van der Waals surface area contributed by atoms with E-state index in [2.05, 4.69) is 41.0 Å². The molecule has 0 aliphatic heterocycles. The Morgan fingerprint density at radius 2 is 2.00 bits per heavy atom. The number of halogens is 1. The van der Waals surface area contributed by atoms with Gasteiger partial charge >= 0.3 is 0 Å². The van der Waals surface area contributed by atoms with Crippen molar-refractivity contribution in [3.63, 3.8) is 0 Å². The first-order chi connectivity index (χ1) is 10.2. The van der Waals surface area contributed by atoms with Crippen LogP contribution in [0.25, 0.3) is 0 Å². The van der Waals surface area contributed by atoms with E-state index >= 15 is 0 Å². The van der Waals surface area contributed by atoms with Crippen LogP contribution in [0.5, 0.6) is 0 Å². The molecule has 2 nitrogen and oxygen atoms in total. The Morgan fingerprint density at radius 3 is 2.62 bits per heavy atom. The van der Waals surface area contributed by atoms with E-state index in [4.69, 9.17) is 0 Å². The molecule has 0 radical (unpaired) electrons. The summed E-state index contributed by atoms with van der Waals surface area (Å²) >= 11 is 1.74. The van der Waals surface area contributed by atoms with Crippen molar-refractivity contribution in [1.82, 2.24) is 10.2 Å². The van der Waals surface area contributed by atoms with E-state index in [1.807, 2.05) is 12.1 Å². The van der Waals surface area contributed by atoms with Gasteiger partial charge in [-0.15, -0.1) is 0 Å².